The van der Waals surface area contributed by atoms with Crippen LogP contribution in [0, 0.1) is 0 Å². The number of rotatable bonds is 3. The molecular weight excluding hydrogens is 128 g/mol. The van der Waals surface area contributed by atoms with Gasteiger partial charge >= 0.3 is 0 Å². The fraction of sp³-hybridized carbons (Fsp3) is 0.750. The van der Waals surface area contributed by atoms with E-state index in [4.69, 9.17) is 9.47 Å². The smallest absolute Gasteiger partial charge is 0.0776 e. The van der Waals surface area contributed by atoms with Crippen LogP contribution >= 0.6 is 0 Å². The minimum atomic E-state index is 0.227. The average Bonchev–Trinajstić information content (AvgIpc) is 1.90. The Morgan fingerprint density at radius 2 is 1.90 bits per heavy atom. The van der Waals surface area contributed by atoms with Gasteiger partial charge in [-0.25, -0.2) is 0 Å². The molecule has 0 aromatic rings. The van der Waals surface area contributed by atoms with E-state index < -0.39 is 0 Å². The number of ether oxygens (including phenoxy) is 2. The summed E-state index contributed by atoms with van der Waals surface area (Å²) in [7, 11) is 3.33. The average molecular weight is 146 g/mol. The summed E-state index contributed by atoms with van der Waals surface area (Å²) in [6, 6.07) is 0. The van der Waals surface area contributed by atoms with Crippen LogP contribution in [0.15, 0.2) is 12.7 Å². The van der Waals surface area contributed by atoms with Crippen molar-refractivity contribution in [3.05, 3.63) is 12.7 Å². The molecule has 2 heteroatoms. The lowest BCUT2D eigenvalue weighted by molar-refractivity contribution is 0.0401. The van der Waals surface area contributed by atoms with Crippen LogP contribution in [0.1, 0.15) is 13.8 Å². The van der Waals surface area contributed by atoms with E-state index in [1.807, 2.05) is 13.8 Å². The first-order chi connectivity index (χ1) is 4.72. The van der Waals surface area contributed by atoms with Gasteiger partial charge in [0.05, 0.1) is 12.7 Å². The van der Waals surface area contributed by atoms with E-state index in [-0.39, 0.29) is 6.10 Å². The van der Waals surface area contributed by atoms with Crippen molar-refractivity contribution in [2.45, 2.75) is 20.0 Å². The van der Waals surface area contributed by atoms with Crippen LogP contribution < -0.4 is 0 Å². The summed E-state index contributed by atoms with van der Waals surface area (Å²) in [5, 5.41) is 0. The molecule has 0 aromatic heterocycles. The molecule has 0 fully saturated rings. The van der Waals surface area contributed by atoms with Crippen molar-refractivity contribution in [3.63, 3.8) is 0 Å². The second-order valence-corrected chi connectivity index (χ2v) is 1.91. The van der Waals surface area contributed by atoms with Gasteiger partial charge in [0.15, 0.2) is 0 Å². The Kier molecular flexibility index (Phi) is 14.1. The van der Waals surface area contributed by atoms with Gasteiger partial charge in [0, 0.05) is 14.2 Å². The Bertz CT molecular complexity index is 62.3. The first kappa shape index (κ1) is 12.3. The minimum Gasteiger partial charge on any atom is -0.382 e. The predicted octanol–water partition coefficient (Wildman–Crippen LogP) is 1.86. The number of methoxy groups -OCH3 is 2. The Morgan fingerprint density at radius 1 is 1.50 bits per heavy atom. The highest BCUT2D eigenvalue weighted by Crippen LogP contribution is 1.84. The van der Waals surface area contributed by atoms with Gasteiger partial charge in [-0.05, 0) is 13.8 Å². The largest absolute Gasteiger partial charge is 0.382 e. The van der Waals surface area contributed by atoms with Crippen LogP contribution in [0.25, 0.3) is 0 Å². The zero-order chi connectivity index (χ0) is 8.41. The van der Waals surface area contributed by atoms with Crippen LogP contribution in [-0.2, 0) is 9.47 Å². The van der Waals surface area contributed by atoms with E-state index >= 15 is 0 Å². The van der Waals surface area contributed by atoms with Gasteiger partial charge in [-0.3, -0.25) is 0 Å². The van der Waals surface area contributed by atoms with Crippen LogP contribution in [0.5, 0.6) is 0 Å². The van der Waals surface area contributed by atoms with Crippen LogP contribution in [-0.4, -0.2) is 26.9 Å². The number of hydrogen-bond acceptors (Lipinski definition) is 2. The van der Waals surface area contributed by atoms with E-state index in [2.05, 4.69) is 6.58 Å². The molecule has 0 heterocycles. The molecule has 0 bridgehead atoms. The third-order valence-electron chi connectivity index (χ3n) is 0.804. The first-order valence-electron chi connectivity index (χ1n) is 3.31. The third kappa shape index (κ3) is 15.6. The van der Waals surface area contributed by atoms with E-state index in [1.54, 1.807) is 20.3 Å². The summed E-state index contributed by atoms with van der Waals surface area (Å²) in [6.45, 7) is 7.89. The first-order valence-corrected chi connectivity index (χ1v) is 3.31. The Hall–Kier alpha value is -0.340. The molecule has 0 aliphatic rings. The van der Waals surface area contributed by atoms with Gasteiger partial charge in [-0.15, -0.1) is 6.58 Å². The lowest BCUT2D eigenvalue weighted by atomic mass is 10.4. The standard InChI is InChI=1S/C5H12O2.C3H6/c1-5(7-3)4-6-2;1-3-2/h5H,4H2,1-3H3;3H,1H2,2H3. The summed E-state index contributed by atoms with van der Waals surface area (Å²) < 4.78 is 9.64. The highest BCUT2D eigenvalue weighted by Gasteiger charge is 1.93. The number of hydrogen-bond donors (Lipinski definition) is 0. The predicted molar refractivity (Wildman–Crippen MR) is 44.2 cm³/mol. The summed E-state index contributed by atoms with van der Waals surface area (Å²) >= 11 is 0. The molecule has 1 atom stereocenters. The molecule has 0 amide bonds. The van der Waals surface area contributed by atoms with Crippen LogP contribution in [0.4, 0.5) is 0 Å². The molecule has 0 radical (unpaired) electrons. The van der Waals surface area contributed by atoms with Crippen LogP contribution in [0.2, 0.25) is 0 Å². The topological polar surface area (TPSA) is 18.5 Å². The summed E-state index contributed by atoms with van der Waals surface area (Å²) in [5.41, 5.74) is 0. The third-order valence-corrected chi connectivity index (χ3v) is 0.804. The van der Waals surface area contributed by atoms with E-state index in [0.29, 0.717) is 6.61 Å². The summed E-state index contributed by atoms with van der Waals surface area (Å²) in [5.74, 6) is 0. The molecule has 0 saturated carbocycles. The number of allylic oxidation sites excluding steroid dienone is 1. The normalized spacial score (nSPS) is 11.2. The molecule has 0 rings (SSSR count). The molecule has 0 saturated heterocycles. The molecule has 1 unspecified atom stereocenters. The van der Waals surface area contributed by atoms with Gasteiger partial charge in [0.2, 0.25) is 0 Å². The minimum absolute atomic E-state index is 0.227. The van der Waals surface area contributed by atoms with Crippen molar-refractivity contribution in [1.29, 1.82) is 0 Å². The van der Waals surface area contributed by atoms with E-state index in [0.717, 1.165) is 0 Å². The fourth-order valence-corrected chi connectivity index (χ4v) is 0.303. The Morgan fingerprint density at radius 3 is 2.00 bits per heavy atom. The molecule has 10 heavy (non-hydrogen) atoms. The second kappa shape index (κ2) is 11.5. The lowest BCUT2D eigenvalue weighted by Gasteiger charge is -2.05. The zero-order valence-electron chi connectivity index (χ0n) is 7.39. The Balaban J connectivity index is 0. The van der Waals surface area contributed by atoms with E-state index in [9.17, 15) is 0 Å². The van der Waals surface area contributed by atoms with Crippen molar-refractivity contribution in [3.8, 4) is 0 Å². The van der Waals surface area contributed by atoms with E-state index in [1.165, 1.54) is 0 Å². The molecule has 0 N–H and O–H groups in total. The van der Waals surface area contributed by atoms with Crippen molar-refractivity contribution in [2.24, 2.45) is 0 Å². The van der Waals surface area contributed by atoms with Gasteiger partial charge in [0.25, 0.3) is 0 Å². The quantitative estimate of drug-likeness (QED) is 0.566. The maximum absolute atomic E-state index is 4.87. The van der Waals surface area contributed by atoms with Gasteiger partial charge in [-0.1, -0.05) is 6.08 Å². The lowest BCUT2D eigenvalue weighted by Crippen LogP contribution is -2.11. The van der Waals surface area contributed by atoms with Gasteiger partial charge in [0.1, 0.15) is 0 Å². The van der Waals surface area contributed by atoms with Crippen LogP contribution in [0.3, 0.4) is 0 Å². The summed E-state index contributed by atoms with van der Waals surface area (Å²) in [6.07, 6.45) is 1.98. The summed E-state index contributed by atoms with van der Waals surface area (Å²) in [4.78, 5) is 0. The molecule has 0 aliphatic carbocycles. The maximum Gasteiger partial charge on any atom is 0.0776 e. The SMILES string of the molecule is C=CC.COCC(C)OC. The molecule has 62 valence electrons. The Labute approximate surface area is 63.8 Å². The molecule has 0 aromatic carbocycles. The maximum atomic E-state index is 4.87. The van der Waals surface area contributed by atoms with Crippen molar-refractivity contribution < 1.29 is 9.47 Å². The highest BCUT2D eigenvalue weighted by atomic mass is 16.5. The molecule has 0 aliphatic heterocycles. The zero-order valence-corrected chi connectivity index (χ0v) is 7.39. The molecule has 2 nitrogen and oxygen atoms in total. The second-order valence-electron chi connectivity index (χ2n) is 1.91. The van der Waals surface area contributed by atoms with Crippen molar-refractivity contribution in [2.75, 3.05) is 20.8 Å². The monoisotopic (exact) mass is 146 g/mol. The van der Waals surface area contributed by atoms with Crippen molar-refractivity contribution in [1.82, 2.24) is 0 Å². The van der Waals surface area contributed by atoms with Crippen molar-refractivity contribution >= 4 is 0 Å². The van der Waals surface area contributed by atoms with Gasteiger partial charge < -0.3 is 9.47 Å². The molecular formula is C8H18O2. The highest BCUT2D eigenvalue weighted by molar-refractivity contribution is 4.51. The van der Waals surface area contributed by atoms with Gasteiger partial charge in [-0.2, -0.15) is 0 Å². The fourth-order valence-electron chi connectivity index (χ4n) is 0.303. The molecule has 0 spiro atoms.